The number of hydrogen-bond donors (Lipinski definition) is 1. The van der Waals surface area contributed by atoms with Crippen LogP contribution in [0.25, 0.3) is 0 Å². The molecule has 0 amide bonds. The molecule has 0 unspecified atom stereocenters. The van der Waals surface area contributed by atoms with Crippen molar-refractivity contribution in [2.75, 3.05) is 12.3 Å². The summed E-state index contributed by atoms with van der Waals surface area (Å²) in [4.78, 5) is 0. The van der Waals surface area contributed by atoms with Gasteiger partial charge in [-0.15, -0.1) is 0 Å². The monoisotopic (exact) mass is 328 g/mol. The molecule has 3 rings (SSSR count). The molecule has 0 saturated heterocycles. The van der Waals surface area contributed by atoms with Gasteiger partial charge >= 0.3 is 0 Å². The van der Waals surface area contributed by atoms with Crippen molar-refractivity contribution in [1.29, 1.82) is 0 Å². The average Bonchev–Trinajstić information content (AvgIpc) is 3.37. The molecule has 2 aliphatic rings. The van der Waals surface area contributed by atoms with Crippen molar-refractivity contribution < 1.29 is 8.42 Å². The molecule has 0 atom stereocenters. The van der Waals surface area contributed by atoms with Gasteiger partial charge in [0, 0.05) is 18.6 Å². The first kappa shape index (κ1) is 15.5. The van der Waals surface area contributed by atoms with E-state index in [1.165, 1.54) is 12.8 Å². The van der Waals surface area contributed by atoms with Gasteiger partial charge in [0.25, 0.3) is 0 Å². The number of sulfonamides is 1. The molecule has 2 fully saturated rings. The van der Waals surface area contributed by atoms with Gasteiger partial charge < -0.3 is 5.32 Å². The van der Waals surface area contributed by atoms with E-state index in [1.807, 2.05) is 16.8 Å². The summed E-state index contributed by atoms with van der Waals surface area (Å²) in [6, 6.07) is 2.98. The zero-order chi connectivity index (χ0) is 14.7. The number of nitrogens with zero attached hydrogens (tertiary/aromatic N) is 1. The second-order valence-corrected chi connectivity index (χ2v) is 8.98. The molecule has 1 N–H and O–H groups in total. The van der Waals surface area contributed by atoms with Gasteiger partial charge in [0.05, 0.1) is 5.75 Å². The van der Waals surface area contributed by atoms with Crippen LogP contribution in [-0.2, 0) is 16.6 Å². The summed E-state index contributed by atoms with van der Waals surface area (Å²) in [6.45, 7) is 1.50. The van der Waals surface area contributed by atoms with Crippen LogP contribution < -0.4 is 5.32 Å². The quantitative estimate of drug-likeness (QED) is 0.672. The van der Waals surface area contributed by atoms with Crippen LogP contribution >= 0.6 is 11.3 Å². The first-order chi connectivity index (χ1) is 10.1. The summed E-state index contributed by atoms with van der Waals surface area (Å²) < 4.78 is 26.9. The Morgan fingerprint density at radius 2 is 2.05 bits per heavy atom. The molecular formula is C15H24N2O2S2. The fourth-order valence-electron chi connectivity index (χ4n) is 2.50. The normalized spacial score (nSPS) is 19.3. The van der Waals surface area contributed by atoms with Crippen molar-refractivity contribution in [3.63, 3.8) is 0 Å². The van der Waals surface area contributed by atoms with Crippen LogP contribution in [0.1, 0.15) is 44.1 Å². The minimum atomic E-state index is -3.11. The van der Waals surface area contributed by atoms with Gasteiger partial charge in [-0.3, -0.25) is 0 Å². The smallest absolute Gasteiger partial charge is 0.214 e. The molecule has 6 heteroatoms. The lowest BCUT2D eigenvalue weighted by Crippen LogP contribution is -2.34. The number of thiophene rings is 1. The number of nitrogens with one attached hydrogen (secondary N) is 1. The van der Waals surface area contributed by atoms with E-state index in [1.54, 1.807) is 15.6 Å². The highest BCUT2D eigenvalue weighted by atomic mass is 32.2. The molecule has 0 aliphatic heterocycles. The summed E-state index contributed by atoms with van der Waals surface area (Å²) in [6.07, 6.45) is 6.32. The van der Waals surface area contributed by atoms with Crippen molar-refractivity contribution in [3.8, 4) is 0 Å². The van der Waals surface area contributed by atoms with Crippen molar-refractivity contribution in [3.05, 3.63) is 22.4 Å². The van der Waals surface area contributed by atoms with E-state index in [2.05, 4.69) is 5.32 Å². The topological polar surface area (TPSA) is 49.4 Å². The summed E-state index contributed by atoms with van der Waals surface area (Å²) in [5.74, 6) is 0.292. The zero-order valence-electron chi connectivity index (χ0n) is 12.3. The van der Waals surface area contributed by atoms with E-state index in [9.17, 15) is 8.42 Å². The maximum atomic E-state index is 12.6. The Bertz CT molecular complexity index is 534. The summed E-state index contributed by atoms with van der Waals surface area (Å²) in [5, 5.41) is 7.49. The van der Waals surface area contributed by atoms with Crippen LogP contribution in [0, 0.1) is 0 Å². The lowest BCUT2D eigenvalue weighted by atomic mass is 10.3. The van der Waals surface area contributed by atoms with Crippen molar-refractivity contribution in [2.45, 2.75) is 57.2 Å². The second kappa shape index (κ2) is 6.77. The Hall–Kier alpha value is -0.430. The molecule has 118 valence electrons. The van der Waals surface area contributed by atoms with Crippen LogP contribution in [0.4, 0.5) is 0 Å². The van der Waals surface area contributed by atoms with Gasteiger partial charge in [-0.2, -0.15) is 15.6 Å². The second-order valence-electron chi connectivity index (χ2n) is 6.16. The molecule has 2 aliphatic carbocycles. The molecule has 1 heterocycles. The lowest BCUT2D eigenvalue weighted by Gasteiger charge is -2.21. The van der Waals surface area contributed by atoms with Gasteiger partial charge in [0.1, 0.15) is 0 Å². The third kappa shape index (κ3) is 4.77. The third-order valence-corrected chi connectivity index (χ3v) is 6.75. The standard InChI is InChI=1S/C15H24N2O2S2/c18-21(19,10-2-1-8-16-14-3-4-14)17(15-5-6-15)11-13-7-9-20-12-13/h7,9,12,14-16H,1-6,8,10-11H2. The summed E-state index contributed by atoms with van der Waals surface area (Å²) in [5.41, 5.74) is 1.12. The predicted molar refractivity (Wildman–Crippen MR) is 86.9 cm³/mol. The molecule has 0 aromatic carbocycles. The predicted octanol–water partition coefficient (Wildman–Crippen LogP) is 2.57. The first-order valence-electron chi connectivity index (χ1n) is 7.89. The molecule has 1 aromatic rings. The van der Waals surface area contributed by atoms with E-state index in [4.69, 9.17) is 0 Å². The number of unbranched alkanes of at least 4 members (excludes halogenated alkanes) is 1. The Morgan fingerprint density at radius 1 is 1.24 bits per heavy atom. The molecule has 1 aromatic heterocycles. The third-order valence-electron chi connectivity index (χ3n) is 4.07. The highest BCUT2D eigenvalue weighted by Gasteiger charge is 2.36. The molecule has 0 spiro atoms. The Kier molecular flexibility index (Phi) is 4.99. The minimum Gasteiger partial charge on any atom is -0.314 e. The summed E-state index contributed by atoms with van der Waals surface area (Å²) in [7, 11) is -3.11. The number of hydrogen-bond acceptors (Lipinski definition) is 4. The van der Waals surface area contributed by atoms with Crippen molar-refractivity contribution in [2.24, 2.45) is 0 Å². The van der Waals surface area contributed by atoms with Crippen molar-refractivity contribution >= 4 is 21.4 Å². The van der Waals surface area contributed by atoms with Gasteiger partial charge in [0.2, 0.25) is 10.0 Å². The maximum Gasteiger partial charge on any atom is 0.214 e. The van der Waals surface area contributed by atoms with Crippen LogP contribution in [0.3, 0.4) is 0 Å². The fraction of sp³-hybridized carbons (Fsp3) is 0.733. The molecular weight excluding hydrogens is 304 g/mol. The molecule has 4 nitrogen and oxygen atoms in total. The Morgan fingerprint density at radius 3 is 2.67 bits per heavy atom. The number of rotatable bonds is 10. The molecule has 0 radical (unpaired) electrons. The minimum absolute atomic E-state index is 0.250. The van der Waals surface area contributed by atoms with Gasteiger partial charge in [-0.05, 0) is 67.5 Å². The fourth-order valence-corrected chi connectivity index (χ4v) is 4.97. The van der Waals surface area contributed by atoms with Crippen molar-refractivity contribution in [1.82, 2.24) is 9.62 Å². The zero-order valence-corrected chi connectivity index (χ0v) is 14.0. The van der Waals surface area contributed by atoms with Gasteiger partial charge in [-0.25, -0.2) is 8.42 Å². The highest BCUT2D eigenvalue weighted by molar-refractivity contribution is 7.89. The SMILES string of the molecule is O=S(=O)(CCCCNC1CC1)N(Cc1ccsc1)C1CC1. The van der Waals surface area contributed by atoms with Crippen LogP contribution in [-0.4, -0.2) is 37.1 Å². The molecule has 2 saturated carbocycles. The Balaban J connectivity index is 1.47. The van der Waals surface area contributed by atoms with E-state index < -0.39 is 10.0 Å². The summed E-state index contributed by atoms with van der Waals surface area (Å²) >= 11 is 1.63. The van der Waals surface area contributed by atoms with E-state index in [-0.39, 0.29) is 6.04 Å². The highest BCUT2D eigenvalue weighted by Crippen LogP contribution is 2.31. The van der Waals surface area contributed by atoms with E-state index in [0.29, 0.717) is 18.3 Å². The average molecular weight is 329 g/mol. The van der Waals surface area contributed by atoms with Gasteiger partial charge in [-0.1, -0.05) is 0 Å². The molecule has 0 bridgehead atoms. The molecule has 21 heavy (non-hydrogen) atoms. The van der Waals surface area contributed by atoms with Crippen LogP contribution in [0.5, 0.6) is 0 Å². The van der Waals surface area contributed by atoms with E-state index >= 15 is 0 Å². The maximum absolute atomic E-state index is 12.6. The van der Waals surface area contributed by atoms with Gasteiger partial charge in [0.15, 0.2) is 0 Å². The van der Waals surface area contributed by atoms with Crippen LogP contribution in [0.15, 0.2) is 16.8 Å². The van der Waals surface area contributed by atoms with Crippen LogP contribution in [0.2, 0.25) is 0 Å². The Labute approximate surface area is 131 Å². The van der Waals surface area contributed by atoms with E-state index in [0.717, 1.165) is 37.8 Å². The largest absolute Gasteiger partial charge is 0.314 e. The first-order valence-corrected chi connectivity index (χ1v) is 10.4. The lowest BCUT2D eigenvalue weighted by molar-refractivity contribution is 0.398.